The molecule has 8 heteroatoms. The summed E-state index contributed by atoms with van der Waals surface area (Å²) in [6.07, 6.45) is 1.83. The maximum atomic E-state index is 11.6. The minimum absolute atomic E-state index is 0.161. The van der Waals surface area contributed by atoms with Crippen molar-refractivity contribution in [3.05, 3.63) is 0 Å². The van der Waals surface area contributed by atoms with E-state index in [0.717, 1.165) is 0 Å². The number of thioether (sulfide) groups is 1. The van der Waals surface area contributed by atoms with Crippen LogP contribution in [0.15, 0.2) is 0 Å². The first-order valence-electron chi connectivity index (χ1n) is 5.38. The molecule has 0 heterocycles. The van der Waals surface area contributed by atoms with E-state index in [-0.39, 0.29) is 12.8 Å². The molecule has 0 aliphatic rings. The second-order valence-corrected chi connectivity index (χ2v) is 4.71. The van der Waals surface area contributed by atoms with Crippen LogP contribution >= 0.6 is 11.8 Å². The summed E-state index contributed by atoms with van der Waals surface area (Å²) in [6.45, 7) is 0. The van der Waals surface area contributed by atoms with Crippen LogP contribution < -0.4 is 11.1 Å². The van der Waals surface area contributed by atoms with Crippen molar-refractivity contribution in [2.45, 2.75) is 31.3 Å². The molecule has 0 aromatic carbocycles. The molecule has 104 valence electrons. The number of amides is 1. The second kappa shape index (κ2) is 8.76. The zero-order valence-electron chi connectivity index (χ0n) is 10.1. The summed E-state index contributed by atoms with van der Waals surface area (Å²) in [5, 5.41) is 19.6. The predicted molar refractivity (Wildman–Crippen MR) is 67.4 cm³/mol. The number of carboxylic acid groups (broad SMARTS) is 2. The standard InChI is InChI=1S/C10H18N2O5S/c1-18-5-4-6(11)9(15)12-7(10(16)17)2-3-8(13)14/h6-7H,2-5,11H2,1H3,(H,12,15)(H,13,14)(H,16,17)/t6?,7-/m0/s1. The van der Waals surface area contributed by atoms with Crippen molar-refractivity contribution in [1.29, 1.82) is 0 Å². The average molecular weight is 278 g/mol. The van der Waals surface area contributed by atoms with Crippen LogP contribution in [0.5, 0.6) is 0 Å². The Labute approximate surface area is 109 Å². The average Bonchev–Trinajstić information content (AvgIpc) is 2.30. The lowest BCUT2D eigenvalue weighted by molar-refractivity contribution is -0.143. The third-order valence-electron chi connectivity index (χ3n) is 2.23. The van der Waals surface area contributed by atoms with E-state index in [0.29, 0.717) is 12.2 Å². The second-order valence-electron chi connectivity index (χ2n) is 3.72. The number of aliphatic carboxylic acids is 2. The van der Waals surface area contributed by atoms with Crippen LogP contribution in [0.2, 0.25) is 0 Å². The fourth-order valence-electron chi connectivity index (χ4n) is 1.18. The van der Waals surface area contributed by atoms with Crippen molar-refractivity contribution in [2.75, 3.05) is 12.0 Å². The van der Waals surface area contributed by atoms with Crippen LogP contribution in [0.3, 0.4) is 0 Å². The maximum Gasteiger partial charge on any atom is 0.326 e. The van der Waals surface area contributed by atoms with Gasteiger partial charge < -0.3 is 21.3 Å². The van der Waals surface area contributed by atoms with E-state index in [2.05, 4.69) is 5.32 Å². The van der Waals surface area contributed by atoms with Crippen LogP contribution in [0.1, 0.15) is 19.3 Å². The fraction of sp³-hybridized carbons (Fsp3) is 0.700. The number of hydrogen-bond donors (Lipinski definition) is 4. The van der Waals surface area contributed by atoms with Gasteiger partial charge >= 0.3 is 11.9 Å². The molecular weight excluding hydrogens is 260 g/mol. The summed E-state index contributed by atoms with van der Waals surface area (Å²) in [5.74, 6) is -2.24. The normalized spacial score (nSPS) is 13.7. The lowest BCUT2D eigenvalue weighted by Crippen LogP contribution is -2.48. The van der Waals surface area contributed by atoms with Crippen LogP contribution in [0.25, 0.3) is 0 Å². The quantitative estimate of drug-likeness (QED) is 0.447. The van der Waals surface area contributed by atoms with Gasteiger partial charge in [0.2, 0.25) is 5.91 Å². The first-order chi connectivity index (χ1) is 8.38. The number of carbonyl (C=O) groups excluding carboxylic acids is 1. The van der Waals surface area contributed by atoms with Crippen molar-refractivity contribution >= 4 is 29.6 Å². The molecule has 0 aromatic heterocycles. The fourth-order valence-corrected chi connectivity index (χ4v) is 1.67. The molecule has 0 saturated heterocycles. The molecule has 1 unspecified atom stereocenters. The van der Waals surface area contributed by atoms with Gasteiger partial charge in [-0.1, -0.05) is 0 Å². The Kier molecular flexibility index (Phi) is 8.14. The lowest BCUT2D eigenvalue weighted by atomic mass is 10.1. The number of carbonyl (C=O) groups is 3. The molecule has 0 rings (SSSR count). The molecule has 0 aromatic rings. The van der Waals surface area contributed by atoms with E-state index in [9.17, 15) is 14.4 Å². The van der Waals surface area contributed by atoms with Crippen molar-refractivity contribution in [1.82, 2.24) is 5.32 Å². The molecule has 0 fully saturated rings. The van der Waals surface area contributed by atoms with Gasteiger partial charge in [0, 0.05) is 6.42 Å². The molecule has 2 atom stereocenters. The van der Waals surface area contributed by atoms with E-state index >= 15 is 0 Å². The van der Waals surface area contributed by atoms with E-state index in [1.807, 2.05) is 6.26 Å². The minimum Gasteiger partial charge on any atom is -0.481 e. The molecule has 0 saturated carbocycles. The first kappa shape index (κ1) is 16.7. The maximum absolute atomic E-state index is 11.6. The van der Waals surface area contributed by atoms with Gasteiger partial charge in [0.1, 0.15) is 6.04 Å². The smallest absolute Gasteiger partial charge is 0.326 e. The number of nitrogens with one attached hydrogen (secondary N) is 1. The highest BCUT2D eigenvalue weighted by atomic mass is 32.2. The predicted octanol–water partition coefficient (Wildman–Crippen LogP) is -0.499. The monoisotopic (exact) mass is 278 g/mol. The number of carboxylic acids is 2. The van der Waals surface area contributed by atoms with Gasteiger partial charge in [0.05, 0.1) is 6.04 Å². The van der Waals surface area contributed by atoms with Gasteiger partial charge in [-0.05, 0) is 24.9 Å². The molecule has 0 aliphatic heterocycles. The number of rotatable bonds is 9. The SMILES string of the molecule is CSCCC(N)C(=O)N[C@@H](CCC(=O)O)C(=O)O. The molecule has 0 bridgehead atoms. The third kappa shape index (κ3) is 7.13. The van der Waals surface area contributed by atoms with Crippen molar-refractivity contribution in [2.24, 2.45) is 5.73 Å². The summed E-state index contributed by atoms with van der Waals surface area (Å²) in [4.78, 5) is 32.7. The molecule has 1 amide bonds. The topological polar surface area (TPSA) is 130 Å². The Balaban J connectivity index is 4.26. The van der Waals surface area contributed by atoms with Gasteiger partial charge in [0.15, 0.2) is 0 Å². The van der Waals surface area contributed by atoms with Crippen LogP contribution in [-0.4, -0.2) is 52.2 Å². The van der Waals surface area contributed by atoms with Crippen LogP contribution in [-0.2, 0) is 14.4 Å². The Bertz CT molecular complexity index is 311. The van der Waals surface area contributed by atoms with Gasteiger partial charge in [-0.2, -0.15) is 11.8 Å². The molecule has 0 spiro atoms. The molecule has 5 N–H and O–H groups in total. The zero-order chi connectivity index (χ0) is 14.1. The highest BCUT2D eigenvalue weighted by molar-refractivity contribution is 7.98. The van der Waals surface area contributed by atoms with Gasteiger partial charge in [-0.15, -0.1) is 0 Å². The van der Waals surface area contributed by atoms with E-state index in [4.69, 9.17) is 15.9 Å². The summed E-state index contributed by atoms with van der Waals surface area (Å²) in [6, 6.07) is -1.99. The Morgan fingerprint density at radius 1 is 1.28 bits per heavy atom. The van der Waals surface area contributed by atoms with E-state index in [1.165, 1.54) is 11.8 Å². The van der Waals surface area contributed by atoms with E-state index in [1.54, 1.807) is 0 Å². The molecule has 0 radical (unpaired) electrons. The number of nitrogens with two attached hydrogens (primary N) is 1. The van der Waals surface area contributed by atoms with Crippen molar-refractivity contribution < 1.29 is 24.6 Å². The highest BCUT2D eigenvalue weighted by Crippen LogP contribution is 2.02. The zero-order valence-corrected chi connectivity index (χ0v) is 10.9. The Morgan fingerprint density at radius 3 is 2.33 bits per heavy atom. The summed E-state index contributed by atoms with van der Waals surface area (Å²) in [7, 11) is 0. The molecule has 7 nitrogen and oxygen atoms in total. The van der Waals surface area contributed by atoms with Gasteiger partial charge in [0.25, 0.3) is 0 Å². The van der Waals surface area contributed by atoms with Crippen LogP contribution in [0.4, 0.5) is 0 Å². The first-order valence-corrected chi connectivity index (χ1v) is 6.77. The van der Waals surface area contributed by atoms with Crippen LogP contribution in [0, 0.1) is 0 Å². The Hall–Kier alpha value is -1.28. The van der Waals surface area contributed by atoms with E-state index < -0.39 is 29.9 Å². The number of hydrogen-bond acceptors (Lipinski definition) is 5. The van der Waals surface area contributed by atoms with Crippen molar-refractivity contribution in [3.8, 4) is 0 Å². The van der Waals surface area contributed by atoms with Crippen molar-refractivity contribution in [3.63, 3.8) is 0 Å². The summed E-state index contributed by atoms with van der Waals surface area (Å²) in [5.41, 5.74) is 5.57. The lowest BCUT2D eigenvalue weighted by Gasteiger charge is -2.16. The largest absolute Gasteiger partial charge is 0.481 e. The highest BCUT2D eigenvalue weighted by Gasteiger charge is 2.23. The minimum atomic E-state index is -1.26. The Morgan fingerprint density at radius 2 is 1.89 bits per heavy atom. The third-order valence-corrected chi connectivity index (χ3v) is 2.88. The molecular formula is C10H18N2O5S. The van der Waals surface area contributed by atoms with Gasteiger partial charge in [-0.25, -0.2) is 4.79 Å². The summed E-state index contributed by atoms with van der Waals surface area (Å²) >= 11 is 1.53. The molecule has 0 aliphatic carbocycles. The molecule has 18 heavy (non-hydrogen) atoms. The van der Waals surface area contributed by atoms with Gasteiger partial charge in [-0.3, -0.25) is 9.59 Å². The summed E-state index contributed by atoms with van der Waals surface area (Å²) < 4.78 is 0.